The minimum atomic E-state index is -0.151. The Balaban J connectivity index is 1.67. The number of amides is 1. The van der Waals surface area contributed by atoms with Gasteiger partial charge in [-0.2, -0.15) is 0 Å². The van der Waals surface area contributed by atoms with Crippen LogP contribution in [0.15, 0.2) is 36.7 Å². The zero-order chi connectivity index (χ0) is 17.4. The molecule has 0 fully saturated rings. The van der Waals surface area contributed by atoms with Gasteiger partial charge in [0.25, 0.3) is 5.91 Å². The molecule has 1 aliphatic rings. The Labute approximate surface area is 147 Å². The number of aromatic nitrogens is 3. The molecule has 1 amide bonds. The second-order valence-corrected chi connectivity index (χ2v) is 6.80. The van der Waals surface area contributed by atoms with E-state index in [1.165, 1.54) is 11.1 Å². The molecular weight excluding hydrogens is 312 g/mol. The third-order valence-corrected chi connectivity index (χ3v) is 4.96. The van der Waals surface area contributed by atoms with E-state index < -0.39 is 0 Å². The molecule has 0 spiro atoms. The monoisotopic (exact) mass is 334 g/mol. The first-order valence-corrected chi connectivity index (χ1v) is 8.83. The summed E-state index contributed by atoms with van der Waals surface area (Å²) < 4.78 is 1.86. The fraction of sp³-hybridized carbons (Fsp3) is 0.350. The lowest BCUT2D eigenvalue weighted by molar-refractivity contribution is 0.0931. The van der Waals surface area contributed by atoms with Gasteiger partial charge in [-0.15, -0.1) is 0 Å². The Bertz CT molecular complexity index is 944. The number of carbonyl (C=O) groups is 1. The fourth-order valence-corrected chi connectivity index (χ4v) is 3.74. The number of carbonyl (C=O) groups excluding carboxylic acids is 1. The molecule has 0 saturated heterocycles. The van der Waals surface area contributed by atoms with Gasteiger partial charge in [-0.1, -0.05) is 30.7 Å². The topological polar surface area (TPSA) is 59.3 Å². The quantitative estimate of drug-likeness (QED) is 0.729. The van der Waals surface area contributed by atoms with Gasteiger partial charge in [-0.25, -0.2) is 9.97 Å². The van der Waals surface area contributed by atoms with E-state index in [4.69, 9.17) is 0 Å². The predicted octanol–water partition coefficient (Wildman–Crippen LogP) is 3.54. The summed E-state index contributed by atoms with van der Waals surface area (Å²) >= 11 is 0. The summed E-state index contributed by atoms with van der Waals surface area (Å²) in [6.45, 7) is 3.93. The van der Waals surface area contributed by atoms with Crippen LogP contribution in [0.3, 0.4) is 0 Å². The van der Waals surface area contributed by atoms with Crippen molar-refractivity contribution in [2.24, 2.45) is 0 Å². The number of fused-ring (bicyclic) bond motifs is 2. The van der Waals surface area contributed by atoms with Gasteiger partial charge in [0.1, 0.15) is 6.33 Å². The van der Waals surface area contributed by atoms with E-state index >= 15 is 0 Å². The molecule has 0 bridgehead atoms. The van der Waals surface area contributed by atoms with Gasteiger partial charge in [-0.05, 0) is 50.3 Å². The number of imidazole rings is 1. The SMILES string of the molecule is Cc1cc(C)n2cnc(C(=O)NC3CCCCc4ccccc43)c2n1. The summed E-state index contributed by atoms with van der Waals surface area (Å²) in [6, 6.07) is 10.4. The van der Waals surface area contributed by atoms with E-state index in [1.54, 1.807) is 6.33 Å². The number of nitrogens with one attached hydrogen (secondary N) is 1. The van der Waals surface area contributed by atoms with E-state index in [9.17, 15) is 4.79 Å². The highest BCUT2D eigenvalue weighted by molar-refractivity contribution is 5.98. The van der Waals surface area contributed by atoms with Crippen molar-refractivity contribution in [2.75, 3.05) is 0 Å². The van der Waals surface area contributed by atoms with Crippen molar-refractivity contribution in [3.05, 3.63) is 64.9 Å². The zero-order valence-electron chi connectivity index (χ0n) is 14.6. The number of hydrogen-bond donors (Lipinski definition) is 1. The highest BCUT2D eigenvalue weighted by atomic mass is 16.2. The Morgan fingerprint density at radius 2 is 2.08 bits per heavy atom. The number of benzene rings is 1. The smallest absolute Gasteiger partial charge is 0.274 e. The molecule has 2 aromatic heterocycles. The zero-order valence-corrected chi connectivity index (χ0v) is 14.6. The molecule has 1 atom stereocenters. The maximum absolute atomic E-state index is 12.9. The highest BCUT2D eigenvalue weighted by Crippen LogP contribution is 2.28. The van der Waals surface area contributed by atoms with Gasteiger partial charge in [0.05, 0.1) is 6.04 Å². The maximum atomic E-state index is 12.9. The van der Waals surface area contributed by atoms with Crippen LogP contribution in [-0.2, 0) is 6.42 Å². The van der Waals surface area contributed by atoms with E-state index in [2.05, 4.69) is 33.5 Å². The van der Waals surface area contributed by atoms with Crippen LogP contribution >= 0.6 is 0 Å². The van der Waals surface area contributed by atoms with E-state index in [1.807, 2.05) is 30.4 Å². The van der Waals surface area contributed by atoms with Crippen LogP contribution in [0.5, 0.6) is 0 Å². The van der Waals surface area contributed by atoms with Crippen molar-refractivity contribution in [3.63, 3.8) is 0 Å². The lowest BCUT2D eigenvalue weighted by Gasteiger charge is -2.19. The summed E-state index contributed by atoms with van der Waals surface area (Å²) in [6.07, 6.45) is 5.99. The predicted molar refractivity (Wildman–Crippen MR) is 96.7 cm³/mol. The van der Waals surface area contributed by atoms with Crippen molar-refractivity contribution < 1.29 is 4.79 Å². The molecule has 0 radical (unpaired) electrons. The molecular formula is C20H22N4O. The largest absolute Gasteiger partial charge is 0.344 e. The van der Waals surface area contributed by atoms with Crippen LogP contribution in [0.25, 0.3) is 5.65 Å². The van der Waals surface area contributed by atoms with E-state index in [-0.39, 0.29) is 11.9 Å². The average Bonchev–Trinajstić information content (AvgIpc) is 2.91. The summed E-state index contributed by atoms with van der Waals surface area (Å²) in [4.78, 5) is 21.7. The van der Waals surface area contributed by atoms with Gasteiger partial charge >= 0.3 is 0 Å². The Morgan fingerprint density at radius 3 is 2.96 bits per heavy atom. The first-order valence-electron chi connectivity index (χ1n) is 8.83. The Kier molecular flexibility index (Phi) is 3.99. The molecule has 1 aliphatic carbocycles. The van der Waals surface area contributed by atoms with Crippen LogP contribution < -0.4 is 5.32 Å². The second kappa shape index (κ2) is 6.31. The molecule has 5 nitrogen and oxygen atoms in total. The molecule has 128 valence electrons. The number of hydrogen-bond acceptors (Lipinski definition) is 3. The number of rotatable bonds is 2. The third kappa shape index (κ3) is 2.90. The molecule has 0 aliphatic heterocycles. The molecule has 1 unspecified atom stereocenters. The van der Waals surface area contributed by atoms with E-state index in [0.717, 1.165) is 37.1 Å². The molecule has 0 saturated carbocycles. The fourth-order valence-electron chi connectivity index (χ4n) is 3.74. The van der Waals surface area contributed by atoms with Crippen LogP contribution in [0.4, 0.5) is 0 Å². The van der Waals surface area contributed by atoms with Crippen molar-refractivity contribution >= 4 is 11.6 Å². The van der Waals surface area contributed by atoms with Gasteiger partial charge in [0, 0.05) is 11.4 Å². The van der Waals surface area contributed by atoms with E-state index in [0.29, 0.717) is 11.3 Å². The molecule has 1 aromatic carbocycles. The minimum Gasteiger partial charge on any atom is -0.344 e. The number of nitrogens with zero attached hydrogens (tertiary/aromatic N) is 3. The molecule has 4 rings (SSSR count). The summed E-state index contributed by atoms with van der Waals surface area (Å²) in [5, 5.41) is 3.19. The Hall–Kier alpha value is -2.69. The molecule has 5 heteroatoms. The van der Waals surface area contributed by atoms with Gasteiger partial charge in [-0.3, -0.25) is 9.20 Å². The lowest BCUT2D eigenvalue weighted by Crippen LogP contribution is -2.29. The van der Waals surface area contributed by atoms with Crippen molar-refractivity contribution in [1.29, 1.82) is 0 Å². The standard InChI is InChI=1S/C20H22N4O/c1-13-11-14(2)24-12-21-18(19(24)22-13)20(25)23-17-10-6-4-8-15-7-3-5-9-16(15)17/h3,5,7,9,11-12,17H,4,6,8,10H2,1-2H3,(H,23,25). The lowest BCUT2D eigenvalue weighted by atomic mass is 9.99. The summed E-state index contributed by atoms with van der Waals surface area (Å²) in [5.74, 6) is -0.151. The minimum absolute atomic E-state index is 0.0360. The molecule has 2 heterocycles. The molecule has 3 aromatic rings. The van der Waals surface area contributed by atoms with Crippen molar-refractivity contribution in [3.8, 4) is 0 Å². The number of aryl methyl sites for hydroxylation is 3. The van der Waals surface area contributed by atoms with Gasteiger partial charge < -0.3 is 5.32 Å². The Morgan fingerprint density at radius 1 is 1.24 bits per heavy atom. The van der Waals surface area contributed by atoms with Crippen LogP contribution in [0, 0.1) is 13.8 Å². The van der Waals surface area contributed by atoms with Gasteiger partial charge in [0.2, 0.25) is 0 Å². The highest BCUT2D eigenvalue weighted by Gasteiger charge is 2.23. The first kappa shape index (κ1) is 15.8. The second-order valence-electron chi connectivity index (χ2n) is 6.80. The maximum Gasteiger partial charge on any atom is 0.274 e. The van der Waals surface area contributed by atoms with Crippen LogP contribution in [0.1, 0.15) is 58.3 Å². The normalized spacial score (nSPS) is 17.1. The molecule has 25 heavy (non-hydrogen) atoms. The summed E-state index contributed by atoms with van der Waals surface area (Å²) in [7, 11) is 0. The summed E-state index contributed by atoms with van der Waals surface area (Å²) in [5.41, 5.74) is 5.50. The molecule has 1 N–H and O–H groups in total. The van der Waals surface area contributed by atoms with Crippen LogP contribution in [-0.4, -0.2) is 20.3 Å². The third-order valence-electron chi connectivity index (χ3n) is 4.96. The van der Waals surface area contributed by atoms with Crippen molar-refractivity contribution in [1.82, 2.24) is 19.7 Å². The van der Waals surface area contributed by atoms with Gasteiger partial charge in [0.15, 0.2) is 11.3 Å². The van der Waals surface area contributed by atoms with Crippen LogP contribution in [0.2, 0.25) is 0 Å². The van der Waals surface area contributed by atoms with Crippen molar-refractivity contribution in [2.45, 2.75) is 45.6 Å². The first-order chi connectivity index (χ1) is 12.1. The average molecular weight is 334 g/mol.